The van der Waals surface area contributed by atoms with Crippen LogP contribution in [0.25, 0.3) is 0 Å². The van der Waals surface area contributed by atoms with Gasteiger partial charge in [-0.25, -0.2) is 4.79 Å². The lowest BCUT2D eigenvalue weighted by atomic mass is 9.96. The molecule has 1 N–H and O–H groups in total. The van der Waals surface area contributed by atoms with E-state index >= 15 is 0 Å². The molecule has 0 saturated heterocycles. The summed E-state index contributed by atoms with van der Waals surface area (Å²) in [5.41, 5.74) is -2.00. The van der Waals surface area contributed by atoms with Gasteiger partial charge in [0, 0.05) is 20.8 Å². The van der Waals surface area contributed by atoms with Gasteiger partial charge in [-0.1, -0.05) is 34.6 Å². The maximum Gasteiger partial charge on any atom is 0.350 e. The van der Waals surface area contributed by atoms with Crippen LogP contribution in [0.3, 0.4) is 0 Å². The van der Waals surface area contributed by atoms with Gasteiger partial charge in [-0.15, -0.1) is 0 Å². The van der Waals surface area contributed by atoms with Crippen molar-refractivity contribution in [2.75, 3.05) is 20.8 Å². The lowest BCUT2D eigenvalue weighted by molar-refractivity contribution is -0.260. The molecule has 0 aliphatic rings. The third-order valence-electron chi connectivity index (χ3n) is 3.26. The minimum absolute atomic E-state index is 0.159. The first-order valence-electron chi connectivity index (χ1n) is 7.61. The lowest BCUT2D eigenvalue weighted by Crippen LogP contribution is -2.51. The second kappa shape index (κ2) is 8.08. The van der Waals surface area contributed by atoms with Gasteiger partial charge < -0.3 is 14.2 Å². The van der Waals surface area contributed by atoms with E-state index < -0.39 is 30.4 Å². The van der Waals surface area contributed by atoms with Gasteiger partial charge in [-0.2, -0.15) is 5.06 Å². The predicted octanol–water partition coefficient (Wildman–Crippen LogP) is 3.60. The molecule has 8 heteroatoms. The Balaban J connectivity index is 5.95. The summed E-state index contributed by atoms with van der Waals surface area (Å²) in [7, 11) is -0.897. The highest BCUT2D eigenvalue weighted by molar-refractivity contribution is 7.54. The number of nitrogens with zero attached hydrogens (tertiary/aromatic N) is 1. The fourth-order valence-electron chi connectivity index (χ4n) is 2.22. The molecule has 23 heavy (non-hydrogen) atoms. The van der Waals surface area contributed by atoms with E-state index in [1.807, 2.05) is 34.6 Å². The molecule has 0 aromatic rings. The zero-order valence-electron chi connectivity index (χ0n) is 15.7. The quantitative estimate of drug-likeness (QED) is 0.501. The van der Waals surface area contributed by atoms with Gasteiger partial charge in [-0.3, -0.25) is 9.40 Å². The monoisotopic (exact) mass is 353 g/mol. The van der Waals surface area contributed by atoms with Crippen molar-refractivity contribution >= 4 is 13.6 Å². The molecule has 0 rings (SSSR count). The van der Waals surface area contributed by atoms with E-state index in [0.29, 0.717) is 6.54 Å². The van der Waals surface area contributed by atoms with Crippen LogP contribution in [0.4, 0.5) is 0 Å². The molecular weight excluding hydrogens is 321 g/mol. The summed E-state index contributed by atoms with van der Waals surface area (Å²) in [4.78, 5) is 17.2. The van der Waals surface area contributed by atoms with Crippen LogP contribution in [-0.2, 0) is 23.2 Å². The molecule has 0 spiro atoms. The van der Waals surface area contributed by atoms with E-state index in [4.69, 9.17) is 13.9 Å². The van der Waals surface area contributed by atoms with Crippen LogP contribution in [0.15, 0.2) is 0 Å². The smallest absolute Gasteiger partial charge is 0.350 e. The minimum Gasteiger partial charge on any atom is -0.479 e. The fourth-order valence-corrected chi connectivity index (χ4v) is 4.17. The van der Waals surface area contributed by atoms with Crippen molar-refractivity contribution in [3.8, 4) is 0 Å². The average Bonchev–Trinajstić information content (AvgIpc) is 2.35. The van der Waals surface area contributed by atoms with Crippen molar-refractivity contribution in [3.05, 3.63) is 0 Å². The van der Waals surface area contributed by atoms with Crippen LogP contribution in [0, 0.1) is 11.3 Å². The van der Waals surface area contributed by atoms with Crippen LogP contribution >= 0.6 is 7.60 Å². The van der Waals surface area contributed by atoms with Gasteiger partial charge in [0.25, 0.3) is 0 Å². The first-order chi connectivity index (χ1) is 10.2. The zero-order valence-corrected chi connectivity index (χ0v) is 16.6. The first kappa shape index (κ1) is 22.5. The summed E-state index contributed by atoms with van der Waals surface area (Å²) in [5, 5.41) is 10.8. The van der Waals surface area contributed by atoms with Gasteiger partial charge in [0.15, 0.2) is 5.60 Å². The van der Waals surface area contributed by atoms with Gasteiger partial charge in [0.2, 0.25) is 0 Å². The highest BCUT2D eigenvalue weighted by Crippen LogP contribution is 2.59. The Hall–Kier alpha value is -0.460. The van der Waals surface area contributed by atoms with Crippen LogP contribution in [0.2, 0.25) is 0 Å². The third kappa shape index (κ3) is 6.16. The number of hydroxylamine groups is 2. The number of carboxylic acid groups (broad SMARTS) is 1. The number of rotatable bonds is 9. The van der Waals surface area contributed by atoms with Gasteiger partial charge >= 0.3 is 13.6 Å². The summed E-state index contributed by atoms with van der Waals surface area (Å²) in [6, 6.07) is 0. The van der Waals surface area contributed by atoms with Gasteiger partial charge in [0.1, 0.15) is 5.78 Å². The van der Waals surface area contributed by atoms with E-state index in [1.165, 1.54) is 33.1 Å². The second-order valence-corrected chi connectivity index (χ2v) is 9.84. The molecule has 1 unspecified atom stereocenters. The number of carboxylic acids is 1. The molecule has 0 aromatic carbocycles. The number of hydrogen-bond donors (Lipinski definition) is 1. The van der Waals surface area contributed by atoms with Crippen molar-refractivity contribution in [2.24, 2.45) is 11.3 Å². The summed E-state index contributed by atoms with van der Waals surface area (Å²) in [5.74, 6) is -1.71. The van der Waals surface area contributed by atoms with E-state index in [2.05, 4.69) is 0 Å². The summed E-state index contributed by atoms with van der Waals surface area (Å²) >= 11 is 0. The van der Waals surface area contributed by atoms with Gasteiger partial charge in [-0.05, 0) is 25.2 Å². The molecule has 0 aliphatic carbocycles. The molecule has 0 bridgehead atoms. The molecule has 0 fully saturated rings. The standard InChI is InChI=1S/C15H32NO6P/c1-11(2)10-16(22-15(6,7)13(17)18)12(14(3,4)5)23(19,20-8)21-9/h11-12H,10H2,1-9H3,(H,17,18). The van der Waals surface area contributed by atoms with E-state index in [-0.39, 0.29) is 5.92 Å². The summed E-state index contributed by atoms with van der Waals surface area (Å²) in [6.45, 7) is 12.9. The van der Waals surface area contributed by atoms with Crippen molar-refractivity contribution in [1.29, 1.82) is 0 Å². The predicted molar refractivity (Wildman–Crippen MR) is 89.2 cm³/mol. The molecule has 0 heterocycles. The van der Waals surface area contributed by atoms with Crippen LogP contribution < -0.4 is 0 Å². The van der Waals surface area contributed by atoms with E-state index in [0.717, 1.165) is 0 Å². The SMILES string of the molecule is COP(=O)(OC)C(N(CC(C)C)OC(C)(C)C(=O)O)C(C)(C)C. The molecule has 7 nitrogen and oxygen atoms in total. The maximum absolute atomic E-state index is 13.1. The fraction of sp³-hybridized carbons (Fsp3) is 0.933. The first-order valence-corrected chi connectivity index (χ1v) is 9.22. The number of carbonyl (C=O) groups is 1. The molecule has 0 amide bonds. The van der Waals surface area contributed by atoms with Crippen LogP contribution in [-0.4, -0.2) is 48.3 Å². The van der Waals surface area contributed by atoms with Crippen LogP contribution in [0.1, 0.15) is 48.5 Å². The second-order valence-electron chi connectivity index (χ2n) is 7.54. The summed E-state index contributed by atoms with van der Waals surface area (Å²) in [6.07, 6.45) is 0. The summed E-state index contributed by atoms with van der Waals surface area (Å²) < 4.78 is 23.4. The molecule has 0 saturated carbocycles. The van der Waals surface area contributed by atoms with Crippen LogP contribution in [0.5, 0.6) is 0 Å². The molecule has 0 aliphatic heterocycles. The molecule has 0 radical (unpaired) electrons. The van der Waals surface area contributed by atoms with Crippen molar-refractivity contribution in [1.82, 2.24) is 5.06 Å². The number of hydrogen-bond acceptors (Lipinski definition) is 6. The average molecular weight is 353 g/mol. The Labute approximate surface area is 139 Å². The van der Waals surface area contributed by atoms with Crippen molar-refractivity contribution in [3.63, 3.8) is 0 Å². The topological polar surface area (TPSA) is 85.3 Å². The van der Waals surface area contributed by atoms with Crippen molar-refractivity contribution in [2.45, 2.75) is 59.9 Å². The van der Waals surface area contributed by atoms with E-state index in [9.17, 15) is 14.5 Å². The minimum atomic E-state index is -3.53. The Morgan fingerprint density at radius 2 is 1.57 bits per heavy atom. The number of aliphatic carboxylic acids is 1. The highest BCUT2D eigenvalue weighted by Gasteiger charge is 2.49. The van der Waals surface area contributed by atoms with Gasteiger partial charge in [0.05, 0.1) is 0 Å². The van der Waals surface area contributed by atoms with Crippen molar-refractivity contribution < 1.29 is 28.4 Å². The molecule has 0 aromatic heterocycles. The maximum atomic E-state index is 13.1. The normalized spacial score (nSPS) is 15.3. The Kier molecular flexibility index (Phi) is 7.92. The lowest BCUT2D eigenvalue weighted by Gasteiger charge is -2.43. The highest BCUT2D eigenvalue weighted by atomic mass is 31.2. The largest absolute Gasteiger partial charge is 0.479 e. The third-order valence-corrected chi connectivity index (χ3v) is 5.91. The molecule has 1 atom stereocenters. The Morgan fingerprint density at radius 3 is 1.83 bits per heavy atom. The molecule has 138 valence electrons. The zero-order chi connectivity index (χ0) is 18.6. The Morgan fingerprint density at radius 1 is 1.13 bits per heavy atom. The van der Waals surface area contributed by atoms with E-state index in [1.54, 1.807) is 0 Å². The molecular formula is C15H32NO6P. The Bertz CT molecular complexity index is 436.